The molecule has 0 radical (unpaired) electrons. The summed E-state index contributed by atoms with van der Waals surface area (Å²) in [7, 11) is 0. The van der Waals surface area contributed by atoms with Gasteiger partial charge in [-0.05, 0) is 57.6 Å². The van der Waals surface area contributed by atoms with Crippen molar-refractivity contribution in [1.29, 1.82) is 0 Å². The molecule has 122 valence electrons. The van der Waals surface area contributed by atoms with E-state index in [2.05, 4.69) is 12.2 Å². The Kier molecular flexibility index (Phi) is 5.27. The molecule has 1 amide bonds. The monoisotopic (exact) mass is 323 g/mol. The lowest BCUT2D eigenvalue weighted by Gasteiger charge is -2.20. The number of thiophene rings is 1. The van der Waals surface area contributed by atoms with Gasteiger partial charge in [0, 0.05) is 10.4 Å². The Morgan fingerprint density at radius 3 is 2.77 bits per heavy atom. The Hall–Kier alpha value is -1.36. The molecular weight excluding hydrogens is 298 g/mol. The maximum Gasteiger partial charge on any atom is 0.348 e. The molecule has 1 aromatic heterocycles. The second-order valence-electron chi connectivity index (χ2n) is 6.95. The van der Waals surface area contributed by atoms with E-state index in [4.69, 9.17) is 4.74 Å². The number of esters is 1. The predicted molar refractivity (Wildman–Crippen MR) is 88.3 cm³/mol. The minimum Gasteiger partial charge on any atom is -0.451 e. The fraction of sp³-hybridized carbons (Fsp3) is 0.647. The van der Waals surface area contributed by atoms with Crippen LogP contribution in [0.4, 0.5) is 0 Å². The van der Waals surface area contributed by atoms with Gasteiger partial charge in [0.15, 0.2) is 6.61 Å². The number of aryl methyl sites for hydroxylation is 1. The van der Waals surface area contributed by atoms with Gasteiger partial charge in [0.1, 0.15) is 4.88 Å². The van der Waals surface area contributed by atoms with E-state index in [1.807, 2.05) is 26.8 Å². The molecule has 5 heteroatoms. The lowest BCUT2D eigenvalue weighted by Crippen LogP contribution is -2.42. The van der Waals surface area contributed by atoms with Crippen LogP contribution in [-0.2, 0) is 22.4 Å². The number of carbonyl (C=O) groups excluding carboxylic acids is 2. The highest BCUT2D eigenvalue weighted by atomic mass is 32.1. The third-order valence-corrected chi connectivity index (χ3v) is 5.03. The normalized spacial score (nSPS) is 17.7. The number of hydrogen-bond donors (Lipinski definition) is 1. The third-order valence-electron chi connectivity index (χ3n) is 3.81. The van der Waals surface area contributed by atoms with Gasteiger partial charge >= 0.3 is 5.97 Å². The molecule has 1 aliphatic rings. The van der Waals surface area contributed by atoms with Crippen molar-refractivity contribution in [3.05, 3.63) is 21.4 Å². The summed E-state index contributed by atoms with van der Waals surface area (Å²) in [5, 5.41) is 2.78. The maximum absolute atomic E-state index is 12.1. The van der Waals surface area contributed by atoms with Crippen molar-refractivity contribution in [2.24, 2.45) is 5.92 Å². The summed E-state index contributed by atoms with van der Waals surface area (Å²) in [6.07, 6.45) is 4.49. The summed E-state index contributed by atoms with van der Waals surface area (Å²) in [6.45, 7) is 7.67. The Bertz CT molecular complexity index is 557. The maximum atomic E-state index is 12.1. The molecule has 1 unspecified atom stereocenters. The van der Waals surface area contributed by atoms with Crippen molar-refractivity contribution in [2.45, 2.75) is 58.9 Å². The first-order valence-corrected chi connectivity index (χ1v) is 8.70. The van der Waals surface area contributed by atoms with Crippen molar-refractivity contribution in [3.63, 3.8) is 0 Å². The second kappa shape index (κ2) is 6.82. The molecule has 4 nitrogen and oxygen atoms in total. The molecule has 0 aliphatic heterocycles. The van der Waals surface area contributed by atoms with Crippen molar-refractivity contribution in [2.75, 3.05) is 6.61 Å². The van der Waals surface area contributed by atoms with E-state index in [1.54, 1.807) is 0 Å². The molecule has 0 spiro atoms. The number of rotatable bonds is 4. The summed E-state index contributed by atoms with van der Waals surface area (Å²) in [5.41, 5.74) is 0.968. The van der Waals surface area contributed by atoms with Gasteiger partial charge in [-0.25, -0.2) is 4.79 Å². The molecule has 1 N–H and O–H groups in total. The number of amides is 1. The van der Waals surface area contributed by atoms with Crippen LogP contribution in [-0.4, -0.2) is 24.0 Å². The van der Waals surface area contributed by atoms with Gasteiger partial charge in [-0.3, -0.25) is 4.79 Å². The van der Waals surface area contributed by atoms with E-state index in [9.17, 15) is 9.59 Å². The van der Waals surface area contributed by atoms with Crippen molar-refractivity contribution in [1.82, 2.24) is 5.32 Å². The first kappa shape index (κ1) is 17.0. The lowest BCUT2D eigenvalue weighted by atomic mass is 9.87. The summed E-state index contributed by atoms with van der Waals surface area (Å²) < 4.78 is 5.13. The minimum absolute atomic E-state index is 0.226. The van der Waals surface area contributed by atoms with E-state index < -0.39 is 5.97 Å². The Labute approximate surface area is 136 Å². The average molecular weight is 323 g/mol. The number of hydrogen-bond acceptors (Lipinski definition) is 4. The third kappa shape index (κ3) is 4.57. The van der Waals surface area contributed by atoms with E-state index >= 15 is 0 Å². The van der Waals surface area contributed by atoms with Gasteiger partial charge in [-0.1, -0.05) is 13.3 Å². The summed E-state index contributed by atoms with van der Waals surface area (Å²) in [5.74, 6) is 0.0632. The van der Waals surface area contributed by atoms with Gasteiger partial charge in [0.2, 0.25) is 0 Å². The summed E-state index contributed by atoms with van der Waals surface area (Å²) >= 11 is 1.51. The zero-order valence-electron chi connectivity index (χ0n) is 13.8. The Morgan fingerprint density at radius 1 is 1.41 bits per heavy atom. The SMILES string of the molecule is CCC1CCc2sc(C(=O)OCC(=O)NC(C)(C)C)cc2C1. The fourth-order valence-electron chi connectivity index (χ4n) is 2.70. The molecule has 0 saturated heterocycles. The molecule has 1 aliphatic carbocycles. The van der Waals surface area contributed by atoms with Crippen LogP contribution in [0, 0.1) is 5.92 Å². The zero-order chi connectivity index (χ0) is 16.3. The number of nitrogens with one attached hydrogen (secondary N) is 1. The molecule has 0 fully saturated rings. The van der Waals surface area contributed by atoms with Crippen LogP contribution in [0.5, 0.6) is 0 Å². The molecule has 0 bridgehead atoms. The van der Waals surface area contributed by atoms with Gasteiger partial charge in [0.05, 0.1) is 0 Å². The second-order valence-corrected chi connectivity index (χ2v) is 8.09. The van der Waals surface area contributed by atoms with Crippen LogP contribution in [0.25, 0.3) is 0 Å². The van der Waals surface area contributed by atoms with Crippen LogP contribution < -0.4 is 5.32 Å². The van der Waals surface area contributed by atoms with Crippen LogP contribution in [0.1, 0.15) is 60.6 Å². The van der Waals surface area contributed by atoms with E-state index in [-0.39, 0.29) is 18.1 Å². The number of carbonyl (C=O) groups is 2. The number of ether oxygens (including phenoxy) is 1. The minimum atomic E-state index is -0.392. The van der Waals surface area contributed by atoms with Crippen LogP contribution in [0.15, 0.2) is 6.07 Å². The summed E-state index contributed by atoms with van der Waals surface area (Å²) in [6, 6.07) is 1.95. The average Bonchev–Trinajstić information content (AvgIpc) is 2.85. The van der Waals surface area contributed by atoms with E-state index in [0.29, 0.717) is 4.88 Å². The Balaban J connectivity index is 1.91. The quantitative estimate of drug-likeness (QED) is 0.865. The molecular formula is C17H25NO3S. The number of fused-ring (bicyclic) bond motifs is 1. The molecule has 2 rings (SSSR count). The molecule has 0 saturated carbocycles. The molecule has 22 heavy (non-hydrogen) atoms. The highest BCUT2D eigenvalue weighted by Gasteiger charge is 2.23. The van der Waals surface area contributed by atoms with Crippen LogP contribution in [0.2, 0.25) is 0 Å². The molecule has 0 aromatic carbocycles. The zero-order valence-corrected chi connectivity index (χ0v) is 14.6. The standard InChI is InChI=1S/C17H25NO3S/c1-5-11-6-7-13-12(8-11)9-14(22-13)16(20)21-10-15(19)18-17(2,3)4/h9,11H,5-8,10H2,1-4H3,(H,18,19). The topological polar surface area (TPSA) is 55.4 Å². The highest BCUT2D eigenvalue weighted by molar-refractivity contribution is 7.14. The lowest BCUT2D eigenvalue weighted by molar-refractivity contribution is -0.125. The van der Waals surface area contributed by atoms with Crippen molar-refractivity contribution < 1.29 is 14.3 Å². The smallest absolute Gasteiger partial charge is 0.348 e. The van der Waals surface area contributed by atoms with E-state index in [0.717, 1.165) is 18.8 Å². The van der Waals surface area contributed by atoms with Crippen molar-refractivity contribution >= 4 is 23.2 Å². The molecule has 1 heterocycles. The van der Waals surface area contributed by atoms with E-state index in [1.165, 1.54) is 34.6 Å². The van der Waals surface area contributed by atoms with Crippen molar-refractivity contribution in [3.8, 4) is 0 Å². The van der Waals surface area contributed by atoms with Crippen LogP contribution >= 0.6 is 11.3 Å². The van der Waals surface area contributed by atoms with Gasteiger partial charge in [0.25, 0.3) is 5.91 Å². The highest BCUT2D eigenvalue weighted by Crippen LogP contribution is 2.33. The van der Waals surface area contributed by atoms with Gasteiger partial charge in [-0.2, -0.15) is 0 Å². The van der Waals surface area contributed by atoms with Gasteiger partial charge in [-0.15, -0.1) is 11.3 Å². The fourth-order valence-corrected chi connectivity index (χ4v) is 3.81. The largest absolute Gasteiger partial charge is 0.451 e. The first-order valence-electron chi connectivity index (χ1n) is 7.88. The molecule has 1 aromatic rings. The predicted octanol–water partition coefficient (Wildman–Crippen LogP) is 3.33. The first-order chi connectivity index (χ1) is 10.3. The molecule has 1 atom stereocenters. The van der Waals surface area contributed by atoms with Gasteiger partial charge < -0.3 is 10.1 Å². The van der Waals surface area contributed by atoms with Crippen LogP contribution in [0.3, 0.4) is 0 Å². The Morgan fingerprint density at radius 2 is 2.14 bits per heavy atom. The summed E-state index contributed by atoms with van der Waals surface area (Å²) in [4.78, 5) is 25.7.